The molecule has 4 saturated carbocycles. The van der Waals surface area contributed by atoms with Crippen LogP contribution in [0.2, 0.25) is 0 Å². The Hall–Kier alpha value is -11.3. The zero-order valence-electron chi connectivity index (χ0n) is 81.6. The summed E-state index contributed by atoms with van der Waals surface area (Å²) in [5.74, 6) is -0.376. The first kappa shape index (κ1) is 103. The van der Waals surface area contributed by atoms with Crippen molar-refractivity contribution in [2.24, 2.45) is 0 Å². The van der Waals surface area contributed by atoms with E-state index in [4.69, 9.17) is 33.6 Å². The van der Waals surface area contributed by atoms with Crippen LogP contribution in [0.4, 0.5) is 17.3 Å². The number of para-hydroxylation sites is 1. The number of hydrogen-bond donors (Lipinski definition) is 4. The molecule has 138 heavy (non-hydrogen) atoms. The van der Waals surface area contributed by atoms with E-state index in [0.29, 0.717) is 73.3 Å². The molecule has 7 fully saturated rings. The molecule has 5 aliphatic heterocycles. The Balaban J connectivity index is 0.000000161. The Kier molecular flexibility index (Phi) is 33.1. The summed E-state index contributed by atoms with van der Waals surface area (Å²) < 4.78 is 133. The maximum atomic E-state index is 14.5. The van der Waals surface area contributed by atoms with Crippen LogP contribution in [0.25, 0.3) is 78.7 Å². The van der Waals surface area contributed by atoms with Gasteiger partial charge in [-0.25, -0.2) is 40.5 Å². The number of ether oxygens (including phenoxy) is 5. The Morgan fingerprint density at radius 2 is 1.01 bits per heavy atom. The number of allylic oxidation sites excluding steroid dienone is 2. The molecule has 0 radical (unpaired) electrons. The van der Waals surface area contributed by atoms with Gasteiger partial charge in [-0.3, -0.25) is 28.6 Å². The highest BCUT2D eigenvalue weighted by Crippen LogP contribution is 2.52. The van der Waals surface area contributed by atoms with Crippen molar-refractivity contribution >= 4 is 113 Å². The topological polar surface area (TPSA) is 337 Å². The number of amides is 3. The summed E-state index contributed by atoms with van der Waals surface area (Å²) in [4.78, 5) is 67.2. The van der Waals surface area contributed by atoms with Crippen LogP contribution < -0.4 is 29.1 Å². The second-order valence-electron chi connectivity index (χ2n) is 38.2. The first-order valence-electron chi connectivity index (χ1n) is 48.0. The number of carboxylic acid groups (broad SMARTS) is 1. The number of benzene rings is 5. The number of carbonyl (C=O) groups is 4. The number of amidine groups is 1. The molecular formula is C100H131BF4N16O15S2. The lowest BCUT2D eigenvalue weighted by Crippen LogP contribution is -2.48. The average molecular weight is 1950 g/mol. The summed E-state index contributed by atoms with van der Waals surface area (Å²) >= 11 is 0. The van der Waals surface area contributed by atoms with Crippen molar-refractivity contribution in [1.82, 2.24) is 73.3 Å². The van der Waals surface area contributed by atoms with Gasteiger partial charge in [-0.1, -0.05) is 67.6 Å². The lowest BCUT2D eigenvalue weighted by Gasteiger charge is -2.35. The van der Waals surface area contributed by atoms with Gasteiger partial charge in [0.1, 0.15) is 28.1 Å². The zero-order valence-corrected chi connectivity index (χ0v) is 83.2. The number of rotatable bonds is 17. The molecule has 19 rings (SSSR count). The van der Waals surface area contributed by atoms with E-state index in [2.05, 4.69) is 100 Å². The highest BCUT2D eigenvalue weighted by Gasteiger charge is 2.40. The Morgan fingerprint density at radius 1 is 0.572 bits per heavy atom. The molecule has 0 bridgehead atoms. The lowest BCUT2D eigenvalue weighted by molar-refractivity contribution is -0.480. The number of nitrogens with zero attached hydrogens (tertiary/aromatic N) is 13. The molecule has 5 aromatic heterocycles. The molecule has 744 valence electrons. The molecule has 31 nitrogen and oxygen atoms in total. The highest BCUT2D eigenvalue weighted by atomic mass is 32.2. The molecule has 3 amide bonds. The van der Waals surface area contributed by atoms with Gasteiger partial charge in [0.2, 0.25) is 20.0 Å². The summed E-state index contributed by atoms with van der Waals surface area (Å²) in [6.45, 7) is 22.1. The van der Waals surface area contributed by atoms with Crippen LogP contribution >= 0.6 is 0 Å². The molecule has 38 heteroatoms. The number of nitrogens with one attached hydrogen (secondary N) is 3. The van der Waals surface area contributed by atoms with Crippen LogP contribution in [0, 0.1) is 0 Å². The van der Waals surface area contributed by atoms with E-state index in [-0.39, 0.29) is 46.9 Å². The molecule has 5 aromatic carbocycles. The average Bonchev–Trinajstić information content (AvgIpc) is 1.57. The van der Waals surface area contributed by atoms with E-state index in [1.807, 2.05) is 122 Å². The summed E-state index contributed by atoms with van der Waals surface area (Å²) in [5, 5.41) is 31.6. The third-order valence-corrected chi connectivity index (χ3v) is 30.3. The van der Waals surface area contributed by atoms with Crippen molar-refractivity contribution in [3.63, 3.8) is 0 Å². The van der Waals surface area contributed by atoms with Gasteiger partial charge in [0.05, 0.1) is 156 Å². The summed E-state index contributed by atoms with van der Waals surface area (Å²) in [6.07, 6.45) is 25.3. The van der Waals surface area contributed by atoms with E-state index in [1.54, 1.807) is 52.5 Å². The minimum absolute atomic E-state index is 0.0561. The van der Waals surface area contributed by atoms with Crippen LogP contribution in [-0.4, -0.2) is 259 Å². The number of likely N-dealkylation sites (N-methyl/N-ethyl adjacent to an activating group) is 1. The quantitative estimate of drug-likeness (QED) is 0.0216. The molecule has 4 atom stereocenters. The van der Waals surface area contributed by atoms with E-state index in [1.165, 1.54) is 48.9 Å². The largest absolute Gasteiger partial charge is 0.673 e. The molecule has 4 aliphatic carbocycles. The van der Waals surface area contributed by atoms with Crippen molar-refractivity contribution in [2.75, 3.05) is 102 Å². The Labute approximate surface area is 804 Å². The van der Waals surface area contributed by atoms with E-state index in [0.717, 1.165) is 218 Å². The number of morpholine rings is 3. The monoisotopic (exact) mass is 1950 g/mol. The van der Waals surface area contributed by atoms with Crippen molar-refractivity contribution < 1.29 is 91.5 Å². The number of aromatic nitrogens is 9. The second-order valence-corrected chi connectivity index (χ2v) is 42.7. The molecule has 0 spiro atoms. The molecular weight excluding hydrogens is 1820 g/mol. The molecule has 10 heterocycles. The van der Waals surface area contributed by atoms with E-state index < -0.39 is 55.6 Å². The minimum Gasteiger partial charge on any atom is -0.497 e. The number of sulfonamides is 2. The van der Waals surface area contributed by atoms with Gasteiger partial charge in [-0.15, -0.1) is 5.10 Å². The number of methoxy groups -OCH3 is 2. The second kappa shape index (κ2) is 44.5. The fourth-order valence-corrected chi connectivity index (χ4v) is 20.7. The smallest absolute Gasteiger partial charge is 0.497 e. The van der Waals surface area contributed by atoms with Crippen LogP contribution in [0.3, 0.4) is 0 Å². The van der Waals surface area contributed by atoms with Gasteiger partial charge < -0.3 is 70.3 Å². The fraction of sp³-hybridized carbons (Fsp3) is 0.510. The van der Waals surface area contributed by atoms with Gasteiger partial charge in [-0.05, 0) is 262 Å². The summed E-state index contributed by atoms with van der Waals surface area (Å²) in [7, 11) is -0.610. The van der Waals surface area contributed by atoms with Crippen LogP contribution in [-0.2, 0) is 47.3 Å². The van der Waals surface area contributed by atoms with Gasteiger partial charge in [0.25, 0.3) is 17.7 Å². The predicted molar refractivity (Wildman–Crippen MR) is 528 cm³/mol. The maximum absolute atomic E-state index is 14.5. The van der Waals surface area contributed by atoms with Crippen molar-refractivity contribution in [3.8, 4) is 34.0 Å². The maximum Gasteiger partial charge on any atom is 0.673 e. The number of fused-ring (bicyclic) bond motifs is 11. The standard InChI is InChI=1S/C42H51N5O6S.C36H40N4O6S.C11H16N5O.C6H13NO.C5H11NO.BF4/c1-25(2)54(50,51)44-41(48)29-14-16-35-37(20-29)46-24-31(18-30-19-33(52-5)15-17-34(30)40(46)38(35)28-10-7-6-8-11-28)39-36(21-43-47(39)32-12-9-13-32)42(49)45-22-26(3)53-27(4)23-45;1-21(2)47(44,45)38-35(41)23-12-14-29-31(18-23)39-20-25(33-30(36(42)43)19-37-40(33)26-10-7-11-26)16-24-17-27(46-3)13-15-28(24)34(39)32(29)22-8-5-4-6-9-22;1-14(2)11(15(3)4)17-16-10-8-6-5-7-9(10)12-13-16;1-5-3-7-4-6(2)8-5;1-6-2-4-7-5-3-6;2-1(3,4)5/h14-21,25-28,32H,6-13,22-24H2,1-5H3,(H,44,48);12-19,21-22,26H,4-11,20H2,1-3H3,(H,38,41)(H,42,43);5-8H,1-4H3;5-7H,3-4H2,1-2H3;2-5H2,1H3;/q;;+1;;;-1/t26-,27+;;;5-,6+;;. The molecule has 3 saturated heterocycles. The number of aromatic carboxylic acids is 1. The minimum atomic E-state index is -6.00. The third-order valence-electron chi connectivity index (χ3n) is 26.8. The van der Waals surface area contributed by atoms with Gasteiger partial charge in [-0.2, -0.15) is 10.2 Å². The van der Waals surface area contributed by atoms with E-state index in [9.17, 15) is 58.4 Å². The predicted octanol–water partition coefficient (Wildman–Crippen LogP) is 16.2. The van der Waals surface area contributed by atoms with Crippen LogP contribution in [0.15, 0.2) is 109 Å². The number of hydrogen-bond acceptors (Lipinski definition) is 20. The SMILES string of the molecule is CN(C)C(On1nnc2ccccc21)=[N+](C)C.CN1CCOCC1.COc1ccc2c(c1)C=C(c1c(C(=O)N3C[C@@H](C)O[C@@H](C)C3)cnn1C1CCC1)Cn1c-2c(C2CCCCC2)c2ccc(C(=O)NS(=O)(=O)C(C)C)cc21.COc1ccc2c(c1)C=C(c1c(C(=O)O)cnn1C1CCC1)Cn1c-2c(C2CCCCC2)c2ccc(C(=O)NS(=O)(=O)C(C)C)cc21.C[C@@H]1CNC[C@H](C)O1.F[B-](F)(F)F. The fourth-order valence-electron chi connectivity index (χ4n) is 19.5. The molecule has 4 N–H and O–H groups in total. The van der Waals surface area contributed by atoms with Crippen LogP contribution in [0.1, 0.15) is 257 Å². The van der Waals surface area contributed by atoms with Gasteiger partial charge >= 0.3 is 19.2 Å². The molecule has 10 aromatic rings. The summed E-state index contributed by atoms with van der Waals surface area (Å²) in [6, 6.07) is 31.9. The highest BCUT2D eigenvalue weighted by molar-refractivity contribution is 7.90. The van der Waals surface area contributed by atoms with Crippen molar-refractivity contribution in [1.29, 1.82) is 0 Å². The first-order chi connectivity index (χ1) is 65.8. The Bertz CT molecular complexity index is 6380. The number of carbonyl (C=O) groups excluding carboxylic acids is 3. The van der Waals surface area contributed by atoms with Crippen LogP contribution in [0.5, 0.6) is 11.5 Å². The molecule has 0 unspecified atom stereocenters. The normalized spacial score (nSPS) is 19.3. The first-order valence-corrected chi connectivity index (χ1v) is 51.1. The third kappa shape index (κ3) is 23.9. The Morgan fingerprint density at radius 3 is 1.41 bits per heavy atom. The van der Waals surface area contributed by atoms with Gasteiger partial charge in [0.15, 0.2) is 0 Å². The number of halogens is 4. The van der Waals surface area contributed by atoms with E-state index >= 15 is 0 Å². The zero-order chi connectivity index (χ0) is 98.9. The molecule has 9 aliphatic rings. The lowest BCUT2D eigenvalue weighted by atomic mass is 9.81. The van der Waals surface area contributed by atoms with Crippen molar-refractivity contribution in [3.05, 3.63) is 165 Å². The summed E-state index contributed by atoms with van der Waals surface area (Å²) in [5.41, 5.74) is 16.2. The van der Waals surface area contributed by atoms with Crippen molar-refractivity contribution in [2.45, 2.75) is 230 Å². The number of carboxylic acids is 1. The van der Waals surface area contributed by atoms with Gasteiger partial charge in [0, 0.05) is 83.3 Å².